The van der Waals surface area contributed by atoms with Gasteiger partial charge in [0.05, 0.1) is 11.9 Å². The quantitative estimate of drug-likeness (QED) is 0.771. The number of benzene rings is 1. The molecule has 0 radical (unpaired) electrons. The number of aromatic nitrogens is 1. The maximum absolute atomic E-state index is 12.0. The fourth-order valence-corrected chi connectivity index (χ4v) is 4.57. The summed E-state index contributed by atoms with van der Waals surface area (Å²) in [5.41, 5.74) is 3.38. The highest BCUT2D eigenvalue weighted by Crippen LogP contribution is 2.29. The van der Waals surface area contributed by atoms with E-state index in [1.807, 2.05) is 6.07 Å². The van der Waals surface area contributed by atoms with Crippen molar-refractivity contribution in [3.05, 3.63) is 47.7 Å². The molecule has 1 aromatic carbocycles. The second-order valence-electron chi connectivity index (χ2n) is 8.68. The van der Waals surface area contributed by atoms with Crippen molar-refractivity contribution in [2.24, 2.45) is 0 Å². The average Bonchev–Trinajstić information content (AvgIpc) is 3.15. The molecule has 2 aromatic rings. The van der Waals surface area contributed by atoms with Crippen LogP contribution in [0, 0.1) is 0 Å². The van der Waals surface area contributed by atoms with Gasteiger partial charge in [0.1, 0.15) is 5.75 Å². The number of hydrogen-bond donors (Lipinski definition) is 1. The first-order chi connectivity index (χ1) is 15.2. The first-order valence-electron chi connectivity index (χ1n) is 11.5. The normalized spacial score (nSPS) is 19.9. The summed E-state index contributed by atoms with van der Waals surface area (Å²) in [6, 6.07) is 10.7. The summed E-state index contributed by atoms with van der Waals surface area (Å²) in [5, 5.41) is 4.39. The van der Waals surface area contributed by atoms with E-state index >= 15 is 0 Å². The van der Waals surface area contributed by atoms with Crippen LogP contribution in [-0.4, -0.2) is 53.3 Å². The number of amides is 1. The summed E-state index contributed by atoms with van der Waals surface area (Å²) in [6.07, 6.45) is 9.49. The molecule has 0 spiro atoms. The van der Waals surface area contributed by atoms with Gasteiger partial charge in [0.15, 0.2) is 0 Å². The molecule has 3 aliphatic rings. The third kappa shape index (κ3) is 4.99. The number of anilines is 1. The first-order valence-corrected chi connectivity index (χ1v) is 11.5. The van der Waals surface area contributed by atoms with Crippen LogP contribution in [0.5, 0.6) is 11.6 Å². The number of hydrogen-bond acceptors (Lipinski definition) is 6. The number of rotatable bonds is 5. The molecule has 1 aromatic heterocycles. The van der Waals surface area contributed by atoms with Gasteiger partial charge in [-0.3, -0.25) is 10.2 Å². The zero-order valence-corrected chi connectivity index (χ0v) is 17.9. The Balaban J connectivity index is 1.17. The van der Waals surface area contributed by atoms with Crippen LogP contribution in [0.4, 0.5) is 10.5 Å². The van der Waals surface area contributed by atoms with Gasteiger partial charge >= 0.3 is 6.09 Å². The maximum atomic E-state index is 12.0. The van der Waals surface area contributed by atoms with Gasteiger partial charge in [-0.1, -0.05) is 12.5 Å². The lowest BCUT2D eigenvalue weighted by molar-refractivity contribution is -0.0738. The highest BCUT2D eigenvalue weighted by atomic mass is 16.7. The summed E-state index contributed by atoms with van der Waals surface area (Å²) >= 11 is 0. The molecular formula is C24H30N4O3. The molecule has 164 valence electrons. The number of ether oxygens (including phenoxy) is 1. The van der Waals surface area contributed by atoms with Gasteiger partial charge in [-0.05, 0) is 67.9 Å². The summed E-state index contributed by atoms with van der Waals surface area (Å²) < 4.78 is 5.98. The van der Waals surface area contributed by atoms with E-state index in [0.717, 1.165) is 63.7 Å². The van der Waals surface area contributed by atoms with E-state index in [1.54, 1.807) is 23.4 Å². The van der Waals surface area contributed by atoms with Gasteiger partial charge in [0, 0.05) is 38.3 Å². The fourth-order valence-electron chi connectivity index (χ4n) is 4.57. The van der Waals surface area contributed by atoms with Gasteiger partial charge in [-0.2, -0.15) is 0 Å². The smallest absolute Gasteiger partial charge is 0.430 e. The molecule has 1 saturated heterocycles. The number of fused-ring (bicyclic) bond motifs is 1. The predicted octanol–water partition coefficient (Wildman–Crippen LogP) is 4.39. The van der Waals surface area contributed by atoms with Crippen LogP contribution in [0.3, 0.4) is 0 Å². The van der Waals surface area contributed by atoms with E-state index < -0.39 is 6.09 Å². The standard InChI is InChI=1S/C24H30N4O3/c29-24(31-28-12-1-2-13-28)26-20-7-9-23(25-17-20)30-22-8-6-18-10-14-27(21-4-3-5-21)15-11-19(18)16-22/h6-9,16-17,21H,1-5,10-15H2,(H,26,29). The first kappa shape index (κ1) is 20.3. The maximum Gasteiger partial charge on any atom is 0.430 e. The van der Waals surface area contributed by atoms with Crippen LogP contribution in [0.2, 0.25) is 0 Å². The lowest BCUT2D eigenvalue weighted by atomic mass is 9.91. The van der Waals surface area contributed by atoms with Crippen molar-refractivity contribution in [3.8, 4) is 11.6 Å². The summed E-state index contributed by atoms with van der Waals surface area (Å²) in [7, 11) is 0. The predicted molar refractivity (Wildman–Crippen MR) is 118 cm³/mol. The Bertz CT molecular complexity index is 908. The van der Waals surface area contributed by atoms with Gasteiger partial charge in [-0.15, -0.1) is 5.06 Å². The van der Waals surface area contributed by atoms with Crippen molar-refractivity contribution in [3.63, 3.8) is 0 Å². The third-order valence-electron chi connectivity index (χ3n) is 6.59. The molecule has 2 aliphatic heterocycles. The van der Waals surface area contributed by atoms with E-state index in [1.165, 1.54) is 30.4 Å². The van der Waals surface area contributed by atoms with Crippen molar-refractivity contribution in [1.82, 2.24) is 14.9 Å². The van der Waals surface area contributed by atoms with Crippen LogP contribution in [0.1, 0.15) is 43.2 Å². The second kappa shape index (κ2) is 9.24. The molecule has 0 bridgehead atoms. The van der Waals surface area contributed by atoms with E-state index in [0.29, 0.717) is 11.6 Å². The Morgan fingerprint density at radius 2 is 1.77 bits per heavy atom. The van der Waals surface area contributed by atoms with Gasteiger partial charge in [0.2, 0.25) is 5.88 Å². The summed E-state index contributed by atoms with van der Waals surface area (Å²) in [5.74, 6) is 1.31. The van der Waals surface area contributed by atoms with Crippen LogP contribution in [-0.2, 0) is 17.7 Å². The van der Waals surface area contributed by atoms with Crippen molar-refractivity contribution < 1.29 is 14.4 Å². The summed E-state index contributed by atoms with van der Waals surface area (Å²) in [6.45, 7) is 3.87. The monoisotopic (exact) mass is 422 g/mol. The molecule has 1 amide bonds. The third-order valence-corrected chi connectivity index (χ3v) is 6.59. The van der Waals surface area contributed by atoms with Crippen molar-refractivity contribution in [1.29, 1.82) is 0 Å². The molecular weight excluding hydrogens is 392 g/mol. The van der Waals surface area contributed by atoms with Crippen LogP contribution in [0.25, 0.3) is 0 Å². The number of pyridine rings is 1. The number of hydroxylamine groups is 2. The molecule has 0 atom stereocenters. The van der Waals surface area contributed by atoms with Gasteiger partial charge in [0.25, 0.3) is 0 Å². The Labute approximate surface area is 183 Å². The highest BCUT2D eigenvalue weighted by molar-refractivity contribution is 5.84. The fraction of sp³-hybridized carbons (Fsp3) is 0.500. The van der Waals surface area contributed by atoms with Crippen LogP contribution >= 0.6 is 0 Å². The molecule has 2 fully saturated rings. The Kier molecular flexibility index (Phi) is 6.04. The molecule has 1 saturated carbocycles. The van der Waals surface area contributed by atoms with Crippen LogP contribution < -0.4 is 10.1 Å². The number of carbonyl (C=O) groups is 1. The Hall–Kier alpha value is -2.64. The highest BCUT2D eigenvalue weighted by Gasteiger charge is 2.26. The van der Waals surface area contributed by atoms with Crippen molar-refractivity contribution in [2.45, 2.75) is 51.0 Å². The lowest BCUT2D eigenvalue weighted by Crippen LogP contribution is -2.41. The molecule has 1 aliphatic carbocycles. The van der Waals surface area contributed by atoms with Crippen LogP contribution in [0.15, 0.2) is 36.5 Å². The van der Waals surface area contributed by atoms with E-state index in [9.17, 15) is 4.79 Å². The molecule has 1 N–H and O–H groups in total. The minimum atomic E-state index is -0.487. The lowest BCUT2D eigenvalue weighted by Gasteiger charge is -2.36. The SMILES string of the molecule is O=C(Nc1ccc(Oc2ccc3c(c2)CCN(C2CCC2)CC3)nc1)ON1CCCC1. The van der Waals surface area contributed by atoms with Crippen molar-refractivity contribution in [2.75, 3.05) is 31.5 Å². The molecule has 31 heavy (non-hydrogen) atoms. The van der Waals surface area contributed by atoms with E-state index in [2.05, 4.69) is 27.3 Å². The minimum Gasteiger partial charge on any atom is -0.439 e. The molecule has 0 unspecified atom stereocenters. The minimum absolute atomic E-state index is 0.487. The second-order valence-corrected chi connectivity index (χ2v) is 8.68. The zero-order chi connectivity index (χ0) is 21.0. The molecule has 7 nitrogen and oxygen atoms in total. The number of nitrogens with zero attached hydrogens (tertiary/aromatic N) is 3. The summed E-state index contributed by atoms with van der Waals surface area (Å²) in [4.78, 5) is 24.2. The Morgan fingerprint density at radius 3 is 2.48 bits per heavy atom. The average molecular weight is 423 g/mol. The molecule has 5 rings (SSSR count). The van der Waals surface area contributed by atoms with Gasteiger partial charge < -0.3 is 9.57 Å². The largest absolute Gasteiger partial charge is 0.439 e. The molecule has 7 heteroatoms. The van der Waals surface area contributed by atoms with Gasteiger partial charge in [-0.25, -0.2) is 9.78 Å². The Morgan fingerprint density at radius 1 is 0.968 bits per heavy atom. The molecule has 3 heterocycles. The number of nitrogens with one attached hydrogen (secondary N) is 1. The zero-order valence-electron chi connectivity index (χ0n) is 17.9. The number of carbonyl (C=O) groups excluding carboxylic acids is 1. The van der Waals surface area contributed by atoms with E-state index in [4.69, 9.17) is 9.57 Å². The van der Waals surface area contributed by atoms with Crippen molar-refractivity contribution >= 4 is 11.8 Å². The van der Waals surface area contributed by atoms with E-state index in [-0.39, 0.29) is 0 Å². The topological polar surface area (TPSA) is 66.9 Å².